The van der Waals surface area contributed by atoms with Gasteiger partial charge in [0.2, 0.25) is 5.78 Å². The molecule has 0 aliphatic heterocycles. The Morgan fingerprint density at radius 1 is 1.14 bits per heavy atom. The van der Waals surface area contributed by atoms with Crippen molar-refractivity contribution >= 4 is 46.4 Å². The van der Waals surface area contributed by atoms with Gasteiger partial charge in [0.1, 0.15) is 11.6 Å². The van der Waals surface area contributed by atoms with E-state index in [0.29, 0.717) is 0 Å². The predicted octanol–water partition coefficient (Wildman–Crippen LogP) is 2.82. The highest BCUT2D eigenvalue weighted by Crippen LogP contribution is 2.28. The first kappa shape index (κ1) is 21.7. The molecule has 2 aromatic rings. The molecule has 0 fully saturated rings. The molecule has 10 heteroatoms. The molecule has 0 saturated carbocycles. The fourth-order valence-electron chi connectivity index (χ4n) is 2.46. The van der Waals surface area contributed by atoms with Gasteiger partial charge in [0.25, 0.3) is 11.6 Å². The van der Waals surface area contributed by atoms with Crippen LogP contribution in [0.15, 0.2) is 48.5 Å². The average molecular weight is 419 g/mol. The van der Waals surface area contributed by atoms with E-state index in [1.165, 1.54) is 18.2 Å². The third kappa shape index (κ3) is 5.45. The molecular formula is C19H15ClN2O7. The third-order valence-electron chi connectivity index (χ3n) is 3.92. The number of carbonyl (C=O) groups is 4. The van der Waals surface area contributed by atoms with Crippen LogP contribution in [0.5, 0.6) is 0 Å². The minimum Gasteiger partial charge on any atom is -0.469 e. The lowest BCUT2D eigenvalue weighted by Gasteiger charge is -2.14. The van der Waals surface area contributed by atoms with Crippen LogP contribution in [-0.2, 0) is 19.1 Å². The Hall–Kier alpha value is -3.59. The number of halogens is 1. The van der Waals surface area contributed by atoms with E-state index in [1.54, 1.807) is 18.2 Å². The SMILES string of the molecule is COC(=O)C[C@@H](C(=O)C(=O)Nc1ccc(Cl)cc1[N+](=O)[O-])C(=O)c1ccccc1. The van der Waals surface area contributed by atoms with Crippen LogP contribution in [0.1, 0.15) is 16.8 Å². The van der Waals surface area contributed by atoms with Crippen molar-refractivity contribution in [2.45, 2.75) is 6.42 Å². The zero-order chi connectivity index (χ0) is 21.6. The van der Waals surface area contributed by atoms with Crippen LogP contribution in [0.25, 0.3) is 0 Å². The zero-order valence-corrected chi connectivity index (χ0v) is 15.8. The summed E-state index contributed by atoms with van der Waals surface area (Å²) in [4.78, 5) is 59.7. The lowest BCUT2D eigenvalue weighted by Crippen LogP contribution is -2.36. The molecule has 0 aromatic heterocycles. The largest absolute Gasteiger partial charge is 0.469 e. The van der Waals surface area contributed by atoms with Gasteiger partial charge in [0.15, 0.2) is 5.78 Å². The number of nitro benzene ring substituents is 1. The Labute approximate surface area is 169 Å². The molecule has 0 unspecified atom stereocenters. The molecule has 0 aliphatic rings. The minimum absolute atomic E-state index is 0.0591. The maximum atomic E-state index is 12.7. The summed E-state index contributed by atoms with van der Waals surface area (Å²) in [5, 5.41) is 13.3. The molecule has 150 valence electrons. The van der Waals surface area contributed by atoms with E-state index in [2.05, 4.69) is 10.1 Å². The van der Waals surface area contributed by atoms with Crippen LogP contribution in [0.4, 0.5) is 11.4 Å². The Morgan fingerprint density at radius 3 is 2.38 bits per heavy atom. The number of amides is 1. The van der Waals surface area contributed by atoms with Gasteiger partial charge in [-0.05, 0) is 12.1 Å². The number of nitrogens with zero attached hydrogens (tertiary/aromatic N) is 1. The molecule has 0 heterocycles. The molecule has 1 atom stereocenters. The van der Waals surface area contributed by atoms with Crippen molar-refractivity contribution in [2.24, 2.45) is 5.92 Å². The van der Waals surface area contributed by atoms with Crippen LogP contribution < -0.4 is 5.32 Å². The van der Waals surface area contributed by atoms with Gasteiger partial charge in [0.05, 0.1) is 18.5 Å². The van der Waals surface area contributed by atoms with E-state index in [9.17, 15) is 29.3 Å². The van der Waals surface area contributed by atoms with E-state index in [1.807, 2.05) is 0 Å². The van der Waals surface area contributed by atoms with Gasteiger partial charge in [-0.1, -0.05) is 41.9 Å². The van der Waals surface area contributed by atoms with Crippen molar-refractivity contribution in [1.82, 2.24) is 0 Å². The van der Waals surface area contributed by atoms with Crippen molar-refractivity contribution in [3.63, 3.8) is 0 Å². The van der Waals surface area contributed by atoms with E-state index < -0.39 is 46.4 Å². The Balaban J connectivity index is 2.31. The number of nitrogens with one attached hydrogen (secondary N) is 1. The first-order chi connectivity index (χ1) is 13.7. The van der Waals surface area contributed by atoms with E-state index >= 15 is 0 Å². The quantitative estimate of drug-likeness (QED) is 0.174. The first-order valence-corrected chi connectivity index (χ1v) is 8.57. The van der Waals surface area contributed by atoms with E-state index in [0.717, 1.165) is 19.2 Å². The molecule has 0 aliphatic carbocycles. The summed E-state index contributed by atoms with van der Waals surface area (Å²) in [5.74, 6) is -5.77. The fourth-order valence-corrected chi connectivity index (χ4v) is 2.63. The highest BCUT2D eigenvalue weighted by molar-refractivity contribution is 6.45. The average Bonchev–Trinajstić information content (AvgIpc) is 2.72. The Bertz CT molecular complexity index is 976. The summed E-state index contributed by atoms with van der Waals surface area (Å²) >= 11 is 5.71. The number of benzene rings is 2. The Kier molecular flexibility index (Phi) is 7.15. The molecule has 2 aromatic carbocycles. The number of ether oxygens (including phenoxy) is 1. The lowest BCUT2D eigenvalue weighted by atomic mass is 9.90. The van der Waals surface area contributed by atoms with E-state index in [4.69, 9.17) is 11.6 Å². The molecule has 0 spiro atoms. The highest BCUT2D eigenvalue weighted by Gasteiger charge is 2.35. The fraction of sp³-hybridized carbons (Fsp3) is 0.158. The minimum atomic E-state index is -1.64. The summed E-state index contributed by atoms with van der Waals surface area (Å²) in [6.45, 7) is 0. The van der Waals surface area contributed by atoms with Crippen molar-refractivity contribution in [3.05, 3.63) is 69.2 Å². The number of rotatable bonds is 8. The molecular weight excluding hydrogens is 404 g/mol. The van der Waals surface area contributed by atoms with Crippen LogP contribution in [0.2, 0.25) is 5.02 Å². The number of carbonyl (C=O) groups excluding carboxylic acids is 4. The maximum absolute atomic E-state index is 12.7. The maximum Gasteiger partial charge on any atom is 0.306 e. The van der Waals surface area contributed by atoms with Gasteiger partial charge >= 0.3 is 5.97 Å². The second-order valence-corrected chi connectivity index (χ2v) is 6.24. The van der Waals surface area contributed by atoms with Gasteiger partial charge in [0, 0.05) is 16.7 Å². The number of ketones is 2. The molecule has 1 N–H and O–H groups in total. The van der Waals surface area contributed by atoms with Crippen LogP contribution in [0, 0.1) is 16.0 Å². The van der Waals surface area contributed by atoms with Crippen LogP contribution in [-0.4, -0.2) is 35.5 Å². The predicted molar refractivity (Wildman–Crippen MR) is 103 cm³/mol. The van der Waals surface area contributed by atoms with Gasteiger partial charge in [-0.25, -0.2) is 0 Å². The summed E-state index contributed by atoms with van der Waals surface area (Å²) in [7, 11) is 1.08. The molecule has 0 bridgehead atoms. The van der Waals surface area contributed by atoms with Crippen LogP contribution >= 0.6 is 11.6 Å². The number of hydrogen-bond donors (Lipinski definition) is 1. The number of hydrogen-bond acceptors (Lipinski definition) is 7. The van der Waals surface area contributed by atoms with Crippen molar-refractivity contribution in [2.75, 3.05) is 12.4 Å². The van der Waals surface area contributed by atoms with Gasteiger partial charge in [-0.2, -0.15) is 0 Å². The van der Waals surface area contributed by atoms with Gasteiger partial charge in [-0.3, -0.25) is 29.3 Å². The number of esters is 1. The van der Waals surface area contributed by atoms with E-state index in [-0.39, 0.29) is 16.3 Å². The molecule has 2 rings (SSSR count). The summed E-state index contributed by atoms with van der Waals surface area (Å²) in [6.07, 6.45) is -0.654. The summed E-state index contributed by atoms with van der Waals surface area (Å²) in [5.41, 5.74) is -0.681. The highest BCUT2D eigenvalue weighted by atomic mass is 35.5. The number of nitro groups is 1. The summed E-state index contributed by atoms with van der Waals surface area (Å²) < 4.78 is 4.50. The standard InChI is InChI=1S/C19H15ClN2O7/c1-29-16(23)10-13(17(24)11-5-3-2-4-6-11)18(25)19(26)21-14-8-7-12(20)9-15(14)22(27)28/h2-9,13H,10H2,1H3,(H,21,26)/t13-/m1/s1. The summed E-state index contributed by atoms with van der Waals surface area (Å²) in [6, 6.07) is 11.1. The monoisotopic (exact) mass is 418 g/mol. The molecule has 29 heavy (non-hydrogen) atoms. The number of methoxy groups -OCH3 is 1. The second-order valence-electron chi connectivity index (χ2n) is 5.80. The number of anilines is 1. The molecule has 0 radical (unpaired) electrons. The third-order valence-corrected chi connectivity index (χ3v) is 4.15. The zero-order valence-electron chi connectivity index (χ0n) is 15.1. The second kappa shape index (κ2) is 9.56. The smallest absolute Gasteiger partial charge is 0.306 e. The number of Topliss-reactive ketones (excluding diaryl/α,β-unsaturated/α-hetero) is 2. The Morgan fingerprint density at radius 2 is 1.79 bits per heavy atom. The van der Waals surface area contributed by atoms with Crippen molar-refractivity contribution in [3.8, 4) is 0 Å². The molecule has 9 nitrogen and oxygen atoms in total. The van der Waals surface area contributed by atoms with Crippen molar-refractivity contribution < 1.29 is 28.8 Å². The lowest BCUT2D eigenvalue weighted by molar-refractivity contribution is -0.383. The van der Waals surface area contributed by atoms with Gasteiger partial charge in [-0.15, -0.1) is 0 Å². The topological polar surface area (TPSA) is 133 Å². The molecule has 0 saturated heterocycles. The van der Waals surface area contributed by atoms with Gasteiger partial charge < -0.3 is 10.1 Å². The first-order valence-electron chi connectivity index (χ1n) is 8.19. The normalized spacial score (nSPS) is 11.2. The van der Waals surface area contributed by atoms with Crippen LogP contribution in [0.3, 0.4) is 0 Å². The van der Waals surface area contributed by atoms with Crippen molar-refractivity contribution in [1.29, 1.82) is 0 Å². The molecule has 1 amide bonds.